The van der Waals surface area contributed by atoms with Gasteiger partial charge in [0.2, 0.25) is 18.6 Å². The molecule has 2 aliphatic carbocycles. The van der Waals surface area contributed by atoms with E-state index in [0.29, 0.717) is 101 Å². The molecule has 2 saturated carbocycles. The molecular formula is C50H55N7O8. The Balaban J connectivity index is 0.915. The van der Waals surface area contributed by atoms with Crippen LogP contribution in [0.4, 0.5) is 0 Å². The zero-order valence-electron chi connectivity index (χ0n) is 37.3. The van der Waals surface area contributed by atoms with Crippen molar-refractivity contribution >= 4 is 34.5 Å². The number of likely N-dealkylation sites (tertiary alicyclic amines) is 1. The summed E-state index contributed by atoms with van der Waals surface area (Å²) in [5.74, 6) is 2.42. The molecule has 3 fully saturated rings. The highest BCUT2D eigenvalue weighted by Gasteiger charge is 2.45. The molecule has 5 aromatic rings. The maximum atomic E-state index is 14.9. The van der Waals surface area contributed by atoms with Gasteiger partial charge in [-0.05, 0) is 87.3 Å². The van der Waals surface area contributed by atoms with Gasteiger partial charge in [0, 0.05) is 42.1 Å². The van der Waals surface area contributed by atoms with Crippen LogP contribution in [-0.2, 0) is 9.59 Å². The average molecular weight is 882 g/mol. The Morgan fingerprint density at radius 1 is 0.892 bits per heavy atom. The zero-order chi connectivity index (χ0) is 44.8. The van der Waals surface area contributed by atoms with Gasteiger partial charge in [-0.15, -0.1) is 0 Å². The number of aromatic amines is 1. The predicted molar refractivity (Wildman–Crippen MR) is 242 cm³/mol. The quantitative estimate of drug-likeness (QED) is 0.121. The Kier molecular flexibility index (Phi) is 11.5. The Morgan fingerprint density at radius 2 is 1.65 bits per heavy atom. The van der Waals surface area contributed by atoms with E-state index in [1.807, 2.05) is 79.4 Å². The summed E-state index contributed by atoms with van der Waals surface area (Å²) in [5.41, 5.74) is 5.72. The van der Waals surface area contributed by atoms with E-state index in [0.717, 1.165) is 55.4 Å². The number of hydrogen-bond donors (Lipinski definition) is 2. The SMILES string of the molecule is COc1ccc(C2=NN(C3CCN(C(=O)[C@H](NC(=O)c4c(C)[nH]c5c(-c6c(OCC7CC7)ccc7c6OCO7)ncnc45)[C@@H](C)c4ccccc4)CC3)C(=O)[C@@H]3CCCC[C@H]23)cc1OC. The van der Waals surface area contributed by atoms with E-state index in [-0.39, 0.29) is 42.4 Å². The van der Waals surface area contributed by atoms with Gasteiger partial charge in [0.05, 0.1) is 49.2 Å². The van der Waals surface area contributed by atoms with Gasteiger partial charge >= 0.3 is 0 Å². The van der Waals surface area contributed by atoms with Crippen molar-refractivity contribution in [3.63, 3.8) is 0 Å². The monoisotopic (exact) mass is 881 g/mol. The summed E-state index contributed by atoms with van der Waals surface area (Å²) in [5, 5.41) is 10.0. The standard InChI is InChI=1S/C50H55N7O8/c1-28(31-10-6-5-7-11-31)42(54-48(58)40-29(2)53-46-44(40)51-26-52-45(46)41-37(63-25-30-14-15-30)18-19-38-47(41)65-27-64-38)50(60)56-22-20-33(21-23-56)57-49(59)35-13-9-8-12-34(35)43(55-57)32-16-17-36(61-3)39(24-32)62-4/h5-7,10-11,16-19,24,26,28,30,33-35,42,53H,8-9,12-15,20-23,25,27H2,1-4H3,(H,54,58)/t28-,34-,35+,42+/m0/s1. The van der Waals surface area contributed by atoms with Gasteiger partial charge in [-0.3, -0.25) is 14.4 Å². The number of fused-ring (bicyclic) bond motifs is 3. The summed E-state index contributed by atoms with van der Waals surface area (Å²) in [7, 11) is 3.23. The van der Waals surface area contributed by atoms with Crippen LogP contribution in [0.2, 0.25) is 0 Å². The van der Waals surface area contributed by atoms with E-state index in [9.17, 15) is 14.4 Å². The molecule has 0 bridgehead atoms. The second-order valence-electron chi connectivity index (χ2n) is 17.9. The zero-order valence-corrected chi connectivity index (χ0v) is 37.3. The molecule has 3 amide bonds. The summed E-state index contributed by atoms with van der Waals surface area (Å²) in [4.78, 5) is 58.3. The lowest BCUT2D eigenvalue weighted by Crippen LogP contribution is -2.56. The van der Waals surface area contributed by atoms with Crippen molar-refractivity contribution in [3.05, 3.63) is 89.4 Å². The van der Waals surface area contributed by atoms with E-state index >= 15 is 0 Å². The molecule has 2 aromatic heterocycles. The lowest BCUT2D eigenvalue weighted by Gasteiger charge is -2.44. The van der Waals surface area contributed by atoms with E-state index in [1.54, 1.807) is 19.2 Å². The second kappa shape index (κ2) is 17.7. The molecule has 15 nitrogen and oxygen atoms in total. The first-order valence-corrected chi connectivity index (χ1v) is 22.9. The lowest BCUT2D eigenvalue weighted by atomic mass is 9.73. The Morgan fingerprint density at radius 3 is 2.40 bits per heavy atom. The second-order valence-corrected chi connectivity index (χ2v) is 17.9. The summed E-state index contributed by atoms with van der Waals surface area (Å²) >= 11 is 0. The number of benzene rings is 3. The van der Waals surface area contributed by atoms with Gasteiger partial charge in [-0.25, -0.2) is 15.0 Å². The fraction of sp³-hybridized carbons (Fsp3) is 0.440. The molecule has 2 N–H and O–H groups in total. The minimum Gasteiger partial charge on any atom is -0.493 e. The molecule has 0 radical (unpaired) electrons. The molecule has 5 aliphatic rings. The third-order valence-corrected chi connectivity index (χ3v) is 14.0. The first-order valence-electron chi connectivity index (χ1n) is 22.9. The lowest BCUT2D eigenvalue weighted by molar-refractivity contribution is -0.143. The number of aryl methyl sites for hydroxylation is 1. The Hall–Kier alpha value is -6.64. The summed E-state index contributed by atoms with van der Waals surface area (Å²) in [6.45, 7) is 5.23. The molecule has 0 unspecified atom stereocenters. The number of ether oxygens (including phenoxy) is 5. The van der Waals surface area contributed by atoms with Crippen LogP contribution in [0.15, 0.2) is 72.1 Å². The third kappa shape index (κ3) is 7.99. The smallest absolute Gasteiger partial charge is 0.255 e. The molecule has 65 heavy (non-hydrogen) atoms. The maximum absolute atomic E-state index is 14.9. The number of piperidine rings is 1. The number of amides is 3. The topological polar surface area (TPSA) is 170 Å². The van der Waals surface area contributed by atoms with Crippen LogP contribution in [0.25, 0.3) is 22.3 Å². The molecule has 1 saturated heterocycles. The van der Waals surface area contributed by atoms with Crippen molar-refractivity contribution in [2.45, 2.75) is 83.2 Å². The number of nitrogens with one attached hydrogen (secondary N) is 2. The van der Waals surface area contributed by atoms with Crippen molar-refractivity contribution < 1.29 is 38.1 Å². The van der Waals surface area contributed by atoms with E-state index < -0.39 is 11.9 Å². The van der Waals surface area contributed by atoms with Gasteiger partial charge in [0.1, 0.15) is 29.3 Å². The Labute approximate surface area is 377 Å². The molecule has 10 rings (SSSR count). The van der Waals surface area contributed by atoms with Crippen LogP contribution in [-0.4, -0.2) is 101 Å². The van der Waals surface area contributed by atoms with Crippen molar-refractivity contribution in [3.8, 4) is 40.0 Å². The van der Waals surface area contributed by atoms with E-state index in [2.05, 4.69) is 15.3 Å². The maximum Gasteiger partial charge on any atom is 0.255 e. The molecule has 338 valence electrons. The number of rotatable bonds is 13. The normalized spacial score (nSPS) is 20.5. The number of carbonyl (C=O) groups is 3. The van der Waals surface area contributed by atoms with Crippen LogP contribution in [0.3, 0.4) is 0 Å². The Bertz CT molecular complexity index is 2650. The summed E-state index contributed by atoms with van der Waals surface area (Å²) in [6.07, 6.45) is 8.56. The first-order chi connectivity index (χ1) is 31.7. The molecule has 0 spiro atoms. The number of hydrogen-bond acceptors (Lipinski definition) is 11. The highest BCUT2D eigenvalue weighted by molar-refractivity contribution is 6.11. The number of hydrazone groups is 1. The number of carbonyl (C=O) groups excluding carboxylic acids is 3. The van der Waals surface area contributed by atoms with Gasteiger partial charge in [-0.2, -0.15) is 5.10 Å². The van der Waals surface area contributed by atoms with Gasteiger partial charge in [0.15, 0.2) is 23.0 Å². The minimum atomic E-state index is -0.910. The molecule has 5 heterocycles. The number of nitrogens with zero attached hydrogens (tertiary/aromatic N) is 5. The summed E-state index contributed by atoms with van der Waals surface area (Å²) in [6, 6.07) is 18.2. The van der Waals surface area contributed by atoms with Crippen LogP contribution in [0.5, 0.6) is 28.7 Å². The number of H-pyrrole nitrogens is 1. The van der Waals surface area contributed by atoms with E-state index in [1.165, 1.54) is 6.33 Å². The van der Waals surface area contributed by atoms with Crippen LogP contribution in [0.1, 0.15) is 91.4 Å². The number of methoxy groups -OCH3 is 2. The van der Waals surface area contributed by atoms with Crippen LogP contribution < -0.4 is 29.0 Å². The minimum absolute atomic E-state index is 0.0287. The van der Waals surface area contributed by atoms with Crippen molar-refractivity contribution in [1.29, 1.82) is 0 Å². The highest BCUT2D eigenvalue weighted by Crippen LogP contribution is 2.49. The fourth-order valence-corrected chi connectivity index (χ4v) is 10.2. The average Bonchev–Trinajstić information content (AvgIpc) is 3.94. The van der Waals surface area contributed by atoms with E-state index in [4.69, 9.17) is 33.8 Å². The van der Waals surface area contributed by atoms with Gasteiger partial charge < -0.3 is 38.9 Å². The first kappa shape index (κ1) is 42.3. The third-order valence-electron chi connectivity index (χ3n) is 14.0. The van der Waals surface area contributed by atoms with Gasteiger partial charge in [-0.1, -0.05) is 50.1 Å². The number of aromatic nitrogens is 3. The van der Waals surface area contributed by atoms with Crippen molar-refractivity contribution in [2.75, 3.05) is 40.7 Å². The predicted octanol–water partition coefficient (Wildman–Crippen LogP) is 7.41. The molecule has 15 heteroatoms. The molecule has 4 atom stereocenters. The van der Waals surface area contributed by atoms with Crippen LogP contribution >= 0.6 is 0 Å². The van der Waals surface area contributed by atoms with Gasteiger partial charge in [0.25, 0.3) is 5.91 Å². The fourth-order valence-electron chi connectivity index (χ4n) is 10.2. The summed E-state index contributed by atoms with van der Waals surface area (Å²) < 4.78 is 29.2. The molecular weight excluding hydrogens is 827 g/mol. The highest BCUT2D eigenvalue weighted by atomic mass is 16.7. The molecule has 3 aromatic carbocycles. The van der Waals surface area contributed by atoms with Crippen LogP contribution in [0, 0.1) is 24.7 Å². The van der Waals surface area contributed by atoms with Crippen molar-refractivity contribution in [1.82, 2.24) is 30.2 Å². The molecule has 3 aliphatic heterocycles. The largest absolute Gasteiger partial charge is 0.493 e. The van der Waals surface area contributed by atoms with Crippen molar-refractivity contribution in [2.24, 2.45) is 22.9 Å².